The van der Waals surface area contributed by atoms with Crippen molar-refractivity contribution in [1.29, 1.82) is 0 Å². The molecule has 3 aromatic rings. The van der Waals surface area contributed by atoms with E-state index in [2.05, 4.69) is 10.6 Å². The van der Waals surface area contributed by atoms with E-state index < -0.39 is 12.0 Å². The van der Waals surface area contributed by atoms with Crippen LogP contribution in [0, 0.1) is 0 Å². The van der Waals surface area contributed by atoms with Gasteiger partial charge < -0.3 is 15.4 Å². The lowest BCUT2D eigenvalue weighted by molar-refractivity contribution is -0.141. The van der Waals surface area contributed by atoms with Crippen molar-refractivity contribution in [2.24, 2.45) is 0 Å². The molecule has 1 aromatic heterocycles. The van der Waals surface area contributed by atoms with Crippen molar-refractivity contribution in [3.8, 4) is 0 Å². The van der Waals surface area contributed by atoms with Crippen LogP contribution in [0.5, 0.6) is 0 Å². The van der Waals surface area contributed by atoms with Gasteiger partial charge in [-0.3, -0.25) is 14.4 Å². The predicted molar refractivity (Wildman–Crippen MR) is 122 cm³/mol. The predicted octanol–water partition coefficient (Wildman–Crippen LogP) is 5.34. The first-order valence-electron chi connectivity index (χ1n) is 9.14. The molecule has 1 unspecified atom stereocenters. The highest BCUT2D eigenvalue weighted by molar-refractivity contribution is 7.10. The minimum atomic E-state index is -0.494. The Labute approximate surface area is 193 Å². The maximum Gasteiger partial charge on any atom is 0.307 e. The summed E-state index contributed by atoms with van der Waals surface area (Å²) in [5, 5.41) is 8.17. The third-order valence-corrected chi connectivity index (χ3v) is 5.74. The first kappa shape index (κ1) is 22.8. The molecule has 0 saturated heterocycles. The van der Waals surface area contributed by atoms with Crippen LogP contribution in [0.4, 0.5) is 5.69 Å². The number of benzene rings is 2. The summed E-state index contributed by atoms with van der Waals surface area (Å²) < 4.78 is 4.73. The Kier molecular flexibility index (Phi) is 7.68. The standard InChI is InChI=1S/C22H18Cl2N2O4S/c1-30-20(27)12-18(19-3-2-8-31-19)26-21(28)13-4-6-17(7-5-13)25-22(29)14-9-15(23)11-16(24)10-14/h2-11,18H,12H2,1H3,(H,25,29)(H,26,28). The first-order chi connectivity index (χ1) is 14.9. The molecule has 31 heavy (non-hydrogen) atoms. The lowest BCUT2D eigenvalue weighted by Gasteiger charge is -2.16. The van der Waals surface area contributed by atoms with Gasteiger partial charge >= 0.3 is 5.97 Å². The molecular weight excluding hydrogens is 459 g/mol. The molecule has 2 amide bonds. The molecule has 2 N–H and O–H groups in total. The second kappa shape index (κ2) is 10.4. The molecule has 0 fully saturated rings. The van der Waals surface area contributed by atoms with Gasteiger partial charge in [-0.15, -0.1) is 11.3 Å². The van der Waals surface area contributed by atoms with Crippen LogP contribution in [0.2, 0.25) is 10.0 Å². The zero-order valence-electron chi connectivity index (χ0n) is 16.4. The van der Waals surface area contributed by atoms with E-state index in [1.54, 1.807) is 24.3 Å². The zero-order chi connectivity index (χ0) is 22.4. The molecular formula is C22H18Cl2N2O4S. The summed E-state index contributed by atoms with van der Waals surface area (Å²) in [5.74, 6) is -1.14. The Bertz CT molecular complexity index is 1070. The first-order valence-corrected chi connectivity index (χ1v) is 10.8. The number of amides is 2. The van der Waals surface area contributed by atoms with Crippen LogP contribution < -0.4 is 10.6 Å². The SMILES string of the molecule is COC(=O)CC(NC(=O)c1ccc(NC(=O)c2cc(Cl)cc(Cl)c2)cc1)c1cccs1. The van der Waals surface area contributed by atoms with Crippen LogP contribution in [0.3, 0.4) is 0 Å². The molecule has 0 aliphatic heterocycles. The Morgan fingerprint density at radius 3 is 2.23 bits per heavy atom. The molecule has 1 heterocycles. The van der Waals surface area contributed by atoms with Crippen LogP contribution in [-0.4, -0.2) is 24.9 Å². The van der Waals surface area contributed by atoms with Crippen molar-refractivity contribution in [2.75, 3.05) is 12.4 Å². The van der Waals surface area contributed by atoms with Gasteiger partial charge in [0.1, 0.15) is 0 Å². The Morgan fingerprint density at radius 2 is 1.65 bits per heavy atom. The summed E-state index contributed by atoms with van der Waals surface area (Å²) >= 11 is 13.3. The summed E-state index contributed by atoms with van der Waals surface area (Å²) in [6.45, 7) is 0. The van der Waals surface area contributed by atoms with Crippen molar-refractivity contribution in [2.45, 2.75) is 12.5 Å². The number of nitrogens with one attached hydrogen (secondary N) is 2. The number of hydrogen-bond donors (Lipinski definition) is 2. The molecule has 2 aromatic carbocycles. The topological polar surface area (TPSA) is 84.5 Å². The fourth-order valence-electron chi connectivity index (χ4n) is 2.80. The molecule has 6 nitrogen and oxygen atoms in total. The molecule has 0 saturated carbocycles. The summed E-state index contributed by atoms with van der Waals surface area (Å²) in [5.41, 5.74) is 1.21. The molecule has 9 heteroatoms. The van der Waals surface area contributed by atoms with Crippen molar-refractivity contribution >= 4 is 58.0 Å². The fraction of sp³-hybridized carbons (Fsp3) is 0.136. The number of methoxy groups -OCH3 is 1. The third kappa shape index (κ3) is 6.30. The number of ether oxygens (including phenoxy) is 1. The highest BCUT2D eigenvalue weighted by Crippen LogP contribution is 2.24. The number of halogens is 2. The average molecular weight is 477 g/mol. The molecule has 0 aliphatic rings. The van der Waals surface area contributed by atoms with Gasteiger partial charge in [0.15, 0.2) is 0 Å². The number of thiophene rings is 1. The van der Waals surface area contributed by atoms with Crippen molar-refractivity contribution in [3.63, 3.8) is 0 Å². The number of anilines is 1. The fourth-order valence-corrected chi connectivity index (χ4v) is 4.10. The molecule has 0 bridgehead atoms. The molecule has 0 radical (unpaired) electrons. The monoisotopic (exact) mass is 476 g/mol. The van der Waals surface area contributed by atoms with Gasteiger partial charge in [-0.1, -0.05) is 29.3 Å². The third-order valence-electron chi connectivity index (χ3n) is 4.32. The Hall–Kier alpha value is -2.87. The minimum Gasteiger partial charge on any atom is -0.469 e. The van der Waals surface area contributed by atoms with E-state index in [9.17, 15) is 14.4 Å². The van der Waals surface area contributed by atoms with Crippen LogP contribution in [0.15, 0.2) is 60.0 Å². The number of carbonyl (C=O) groups is 3. The van der Waals surface area contributed by atoms with Crippen LogP contribution in [0.1, 0.15) is 38.1 Å². The maximum absolute atomic E-state index is 12.7. The largest absolute Gasteiger partial charge is 0.469 e. The van der Waals surface area contributed by atoms with Crippen LogP contribution in [-0.2, 0) is 9.53 Å². The number of hydrogen-bond acceptors (Lipinski definition) is 5. The van der Waals surface area contributed by atoms with E-state index in [4.69, 9.17) is 27.9 Å². The Morgan fingerprint density at radius 1 is 0.968 bits per heavy atom. The van der Waals surface area contributed by atoms with Crippen LogP contribution >= 0.6 is 34.5 Å². The number of esters is 1. The van der Waals surface area contributed by atoms with E-state index in [-0.39, 0.29) is 18.2 Å². The summed E-state index contributed by atoms with van der Waals surface area (Å²) in [4.78, 5) is 37.6. The average Bonchev–Trinajstić information content (AvgIpc) is 3.27. The molecule has 3 rings (SSSR count). The van der Waals surface area contributed by atoms with E-state index in [0.29, 0.717) is 26.9 Å². The van der Waals surface area contributed by atoms with Gasteiger partial charge in [0.2, 0.25) is 0 Å². The normalized spacial score (nSPS) is 11.5. The zero-order valence-corrected chi connectivity index (χ0v) is 18.7. The number of carbonyl (C=O) groups excluding carboxylic acids is 3. The van der Waals surface area contributed by atoms with Crippen molar-refractivity contribution in [1.82, 2.24) is 5.32 Å². The maximum atomic E-state index is 12.7. The molecule has 0 spiro atoms. The smallest absolute Gasteiger partial charge is 0.307 e. The number of rotatable bonds is 7. The van der Waals surface area contributed by atoms with Gasteiger partial charge in [-0.05, 0) is 53.9 Å². The van der Waals surface area contributed by atoms with Gasteiger partial charge in [-0.2, -0.15) is 0 Å². The highest BCUT2D eigenvalue weighted by Gasteiger charge is 2.20. The minimum absolute atomic E-state index is 0.0269. The summed E-state index contributed by atoms with van der Waals surface area (Å²) in [7, 11) is 1.31. The lowest BCUT2D eigenvalue weighted by atomic mass is 10.1. The van der Waals surface area contributed by atoms with E-state index in [0.717, 1.165) is 4.88 Å². The van der Waals surface area contributed by atoms with Gasteiger partial charge in [0.05, 0.1) is 19.6 Å². The Balaban J connectivity index is 1.67. The highest BCUT2D eigenvalue weighted by atomic mass is 35.5. The van der Waals surface area contributed by atoms with E-state index in [1.165, 1.54) is 36.6 Å². The van der Waals surface area contributed by atoms with E-state index >= 15 is 0 Å². The van der Waals surface area contributed by atoms with Crippen molar-refractivity contribution < 1.29 is 19.1 Å². The van der Waals surface area contributed by atoms with Gasteiger partial charge in [0.25, 0.3) is 11.8 Å². The van der Waals surface area contributed by atoms with Crippen LogP contribution in [0.25, 0.3) is 0 Å². The summed E-state index contributed by atoms with van der Waals surface area (Å²) in [6, 6.07) is 14.1. The molecule has 0 aliphatic carbocycles. The lowest BCUT2D eigenvalue weighted by Crippen LogP contribution is -2.30. The second-order valence-corrected chi connectivity index (χ2v) is 8.36. The van der Waals surface area contributed by atoms with Crippen molar-refractivity contribution in [3.05, 3.63) is 86.0 Å². The quantitative estimate of drug-likeness (QED) is 0.450. The molecule has 160 valence electrons. The van der Waals surface area contributed by atoms with Gasteiger partial charge in [0, 0.05) is 31.7 Å². The molecule has 1 atom stereocenters. The second-order valence-electron chi connectivity index (χ2n) is 6.51. The van der Waals surface area contributed by atoms with Gasteiger partial charge in [-0.25, -0.2) is 0 Å². The summed E-state index contributed by atoms with van der Waals surface area (Å²) in [6.07, 6.45) is 0.0269. The van der Waals surface area contributed by atoms with E-state index in [1.807, 2.05) is 17.5 Å².